The van der Waals surface area contributed by atoms with E-state index < -0.39 is 0 Å². The molecule has 1 aliphatic rings. The fraction of sp³-hybridized carbons (Fsp3) is 0.211. The van der Waals surface area contributed by atoms with Gasteiger partial charge in [0.25, 0.3) is 0 Å². The average molecular weight is 555 g/mol. The number of hydrogen-bond acceptors (Lipinski definition) is 4. The summed E-state index contributed by atoms with van der Waals surface area (Å²) in [6.07, 6.45) is 0. The predicted octanol–water partition coefficient (Wildman–Crippen LogP) is 8.52. The van der Waals surface area contributed by atoms with E-state index in [1.807, 2.05) is 12.1 Å². The smallest absolute Gasteiger partial charge is 0.133 e. The molecule has 0 aliphatic carbocycles. The molecule has 0 spiro atoms. The molecule has 0 radical (unpaired) electrons. The first-order valence-electron chi connectivity index (χ1n) is 14.9. The maximum Gasteiger partial charge on any atom is 0.133 e. The molecule has 1 aliphatic heterocycles. The summed E-state index contributed by atoms with van der Waals surface area (Å²) in [6.45, 7) is 7.79. The Hall–Kier alpha value is -4.54. The lowest BCUT2D eigenvalue weighted by molar-refractivity contribution is 0.280. The predicted molar refractivity (Wildman–Crippen MR) is 173 cm³/mol. The highest BCUT2D eigenvalue weighted by molar-refractivity contribution is 5.67. The second-order valence-electron chi connectivity index (χ2n) is 10.8. The van der Waals surface area contributed by atoms with Gasteiger partial charge in [0, 0.05) is 60.7 Å². The lowest BCUT2D eigenvalue weighted by atomic mass is 9.80. The summed E-state index contributed by atoms with van der Waals surface area (Å²) in [5.74, 6) is 1.68. The van der Waals surface area contributed by atoms with Crippen molar-refractivity contribution in [3.63, 3.8) is 0 Å². The molecule has 0 saturated carbocycles. The van der Waals surface area contributed by atoms with E-state index in [2.05, 4.69) is 133 Å². The third kappa shape index (κ3) is 5.63. The molecule has 4 nitrogen and oxygen atoms in total. The number of anilines is 2. The lowest BCUT2D eigenvalue weighted by Gasteiger charge is -2.33. The van der Waals surface area contributed by atoms with E-state index in [1.165, 1.54) is 11.1 Å². The highest BCUT2D eigenvalue weighted by Crippen LogP contribution is 2.50. The van der Waals surface area contributed by atoms with Gasteiger partial charge in [-0.15, -0.1) is 0 Å². The van der Waals surface area contributed by atoms with Crippen molar-refractivity contribution in [3.8, 4) is 11.5 Å². The van der Waals surface area contributed by atoms with Gasteiger partial charge < -0.3 is 19.6 Å². The molecular weight excluding hydrogens is 516 g/mol. The quantitative estimate of drug-likeness (QED) is 0.184. The standard InChI is InChI=1S/C38H38N2O2/c1-3-39(4-2)32-19-21-34-37(24-32)42-36-22-20-31(23-35(36)38(34)33-18-12-11-17-30(33)27-41)40(25-28-13-7-5-8-14-28)26-29-15-9-6-10-16-29/h5-24,38,41H,3-4,25-27H2,1-2H3. The van der Waals surface area contributed by atoms with Crippen molar-refractivity contribution in [3.05, 3.63) is 155 Å². The van der Waals surface area contributed by atoms with Crippen LogP contribution in [0.25, 0.3) is 0 Å². The molecule has 6 rings (SSSR count). The number of aliphatic hydroxyl groups is 1. The number of hydrogen-bond donors (Lipinski definition) is 1. The second-order valence-corrected chi connectivity index (χ2v) is 10.8. The van der Waals surface area contributed by atoms with Crippen LogP contribution in [0.2, 0.25) is 0 Å². The summed E-state index contributed by atoms with van der Waals surface area (Å²) in [6, 6.07) is 42.7. The van der Waals surface area contributed by atoms with E-state index >= 15 is 0 Å². The van der Waals surface area contributed by atoms with Crippen molar-refractivity contribution in [1.82, 2.24) is 0 Å². The lowest BCUT2D eigenvalue weighted by Crippen LogP contribution is -2.23. The number of nitrogens with zero attached hydrogens (tertiary/aromatic N) is 2. The van der Waals surface area contributed by atoms with Crippen LogP contribution in [-0.2, 0) is 19.7 Å². The van der Waals surface area contributed by atoms with Crippen molar-refractivity contribution < 1.29 is 9.84 Å². The number of fused-ring (bicyclic) bond motifs is 2. The first-order valence-corrected chi connectivity index (χ1v) is 14.9. The number of ether oxygens (including phenoxy) is 1. The number of rotatable bonds is 10. The summed E-state index contributed by atoms with van der Waals surface area (Å²) in [7, 11) is 0. The van der Waals surface area contributed by atoms with Gasteiger partial charge in [0.15, 0.2) is 0 Å². The minimum Gasteiger partial charge on any atom is -0.457 e. The van der Waals surface area contributed by atoms with Gasteiger partial charge in [-0.3, -0.25) is 0 Å². The molecule has 42 heavy (non-hydrogen) atoms. The molecule has 0 amide bonds. The molecule has 1 N–H and O–H groups in total. The molecule has 4 heteroatoms. The Morgan fingerprint density at radius 3 is 1.81 bits per heavy atom. The fourth-order valence-corrected chi connectivity index (χ4v) is 6.11. The Labute approximate surface area is 249 Å². The fourth-order valence-electron chi connectivity index (χ4n) is 6.11. The molecule has 1 atom stereocenters. The van der Waals surface area contributed by atoms with E-state index in [1.54, 1.807) is 0 Å². The molecule has 0 saturated heterocycles. The maximum atomic E-state index is 10.4. The van der Waals surface area contributed by atoms with Gasteiger partial charge >= 0.3 is 0 Å². The van der Waals surface area contributed by atoms with Crippen molar-refractivity contribution in [2.24, 2.45) is 0 Å². The summed E-state index contributed by atoms with van der Waals surface area (Å²) in [4.78, 5) is 4.77. The van der Waals surface area contributed by atoms with Crippen LogP contribution in [0.1, 0.15) is 53.1 Å². The Morgan fingerprint density at radius 1 is 0.571 bits per heavy atom. The SMILES string of the molecule is CCN(CC)c1ccc2c(c1)Oc1ccc(N(Cc3ccccc3)Cc3ccccc3)cc1C2c1ccccc1CO. The van der Waals surface area contributed by atoms with Crippen LogP contribution in [0.15, 0.2) is 121 Å². The zero-order chi connectivity index (χ0) is 28.9. The molecule has 1 unspecified atom stereocenters. The Kier molecular flexibility index (Phi) is 8.25. The molecular formula is C38H38N2O2. The molecule has 0 aromatic heterocycles. The van der Waals surface area contributed by atoms with E-state index in [4.69, 9.17) is 4.74 Å². The molecule has 5 aromatic rings. The van der Waals surface area contributed by atoms with E-state index in [0.29, 0.717) is 0 Å². The number of benzene rings is 5. The molecule has 212 valence electrons. The van der Waals surface area contributed by atoms with E-state index in [-0.39, 0.29) is 12.5 Å². The maximum absolute atomic E-state index is 10.4. The normalized spacial score (nSPS) is 13.5. The molecule has 0 fully saturated rings. The topological polar surface area (TPSA) is 35.9 Å². The Morgan fingerprint density at radius 2 is 1.17 bits per heavy atom. The van der Waals surface area contributed by atoms with Gasteiger partial charge in [-0.05, 0) is 60.4 Å². The monoisotopic (exact) mass is 554 g/mol. The van der Waals surface area contributed by atoms with E-state index in [9.17, 15) is 5.11 Å². The Balaban J connectivity index is 1.47. The third-order valence-electron chi connectivity index (χ3n) is 8.30. The van der Waals surface area contributed by atoms with Crippen molar-refractivity contribution >= 4 is 11.4 Å². The average Bonchev–Trinajstić information content (AvgIpc) is 3.04. The summed E-state index contributed by atoms with van der Waals surface area (Å²) in [5.41, 5.74) is 9.10. The van der Waals surface area contributed by atoms with E-state index in [0.717, 1.165) is 71.3 Å². The van der Waals surface area contributed by atoms with Gasteiger partial charge in [-0.2, -0.15) is 0 Å². The van der Waals surface area contributed by atoms with Gasteiger partial charge in [0.2, 0.25) is 0 Å². The van der Waals surface area contributed by atoms with Crippen molar-refractivity contribution in [2.45, 2.75) is 39.5 Å². The van der Waals surface area contributed by atoms with Gasteiger partial charge in [-0.1, -0.05) is 91.0 Å². The first kappa shape index (κ1) is 27.6. The van der Waals surface area contributed by atoms with Gasteiger partial charge in [0.1, 0.15) is 11.5 Å². The van der Waals surface area contributed by atoms with Crippen LogP contribution < -0.4 is 14.5 Å². The minimum atomic E-state index is -0.0619. The highest BCUT2D eigenvalue weighted by Gasteiger charge is 2.31. The van der Waals surface area contributed by atoms with Crippen LogP contribution in [-0.4, -0.2) is 18.2 Å². The van der Waals surface area contributed by atoms with Crippen molar-refractivity contribution in [1.29, 1.82) is 0 Å². The number of aliphatic hydroxyl groups excluding tert-OH is 1. The second kappa shape index (κ2) is 12.5. The molecule has 1 heterocycles. The minimum absolute atomic E-state index is 0.0104. The van der Waals surface area contributed by atoms with Crippen LogP contribution in [0.5, 0.6) is 11.5 Å². The largest absolute Gasteiger partial charge is 0.457 e. The van der Waals surface area contributed by atoms with Crippen LogP contribution in [0.4, 0.5) is 11.4 Å². The highest BCUT2D eigenvalue weighted by atomic mass is 16.5. The zero-order valence-electron chi connectivity index (χ0n) is 24.4. The first-order chi connectivity index (χ1) is 20.7. The molecule has 0 bridgehead atoms. The summed E-state index contributed by atoms with van der Waals surface area (Å²) in [5, 5.41) is 10.4. The summed E-state index contributed by atoms with van der Waals surface area (Å²) < 4.78 is 6.65. The van der Waals surface area contributed by atoms with Gasteiger partial charge in [0.05, 0.1) is 6.61 Å². The van der Waals surface area contributed by atoms with Crippen molar-refractivity contribution in [2.75, 3.05) is 22.9 Å². The van der Waals surface area contributed by atoms with Crippen LogP contribution >= 0.6 is 0 Å². The van der Waals surface area contributed by atoms with Crippen LogP contribution in [0, 0.1) is 0 Å². The summed E-state index contributed by atoms with van der Waals surface area (Å²) >= 11 is 0. The van der Waals surface area contributed by atoms with Gasteiger partial charge in [-0.25, -0.2) is 0 Å². The third-order valence-corrected chi connectivity index (χ3v) is 8.30. The zero-order valence-corrected chi connectivity index (χ0v) is 24.4. The van der Waals surface area contributed by atoms with Crippen LogP contribution in [0.3, 0.4) is 0 Å². The Bertz CT molecular complexity index is 1590. The molecule has 5 aromatic carbocycles.